The lowest BCUT2D eigenvalue weighted by Crippen LogP contribution is -2.31. The van der Waals surface area contributed by atoms with E-state index in [2.05, 4.69) is 10.6 Å². The predicted molar refractivity (Wildman–Crippen MR) is 122 cm³/mol. The minimum Gasteiger partial charge on any atom is -0.497 e. The second-order valence-electron chi connectivity index (χ2n) is 6.31. The van der Waals surface area contributed by atoms with Crippen molar-refractivity contribution in [2.75, 3.05) is 19.5 Å². The Kier molecular flexibility index (Phi) is 6.85. The van der Waals surface area contributed by atoms with Crippen molar-refractivity contribution >= 4 is 39.6 Å². The second kappa shape index (κ2) is 9.54. The van der Waals surface area contributed by atoms with Crippen LogP contribution in [0, 0.1) is 0 Å². The number of thiocarbonyl (C=S) groups is 1. The summed E-state index contributed by atoms with van der Waals surface area (Å²) in [5.41, 5.74) is 2.52. The number of benzene rings is 2. The van der Waals surface area contributed by atoms with Gasteiger partial charge in [0, 0.05) is 4.88 Å². The number of methoxy groups -OCH3 is 2. The first-order valence-corrected chi connectivity index (χ1v) is 10.2. The molecular formula is C22H22N2O3S2. The number of nitrogens with one attached hydrogen (secondary N) is 2. The van der Waals surface area contributed by atoms with E-state index in [9.17, 15) is 4.79 Å². The van der Waals surface area contributed by atoms with Crippen LogP contribution >= 0.6 is 23.6 Å². The highest BCUT2D eigenvalue weighted by Crippen LogP contribution is 2.36. The number of rotatable bonds is 6. The molecule has 2 aromatic carbocycles. The van der Waals surface area contributed by atoms with E-state index in [1.807, 2.05) is 67.6 Å². The zero-order chi connectivity index (χ0) is 20.8. The lowest BCUT2D eigenvalue weighted by atomic mass is 10.1. The summed E-state index contributed by atoms with van der Waals surface area (Å²) >= 11 is 6.94. The van der Waals surface area contributed by atoms with Crippen LogP contribution in [0.1, 0.15) is 28.9 Å². The Morgan fingerprint density at radius 1 is 1.07 bits per heavy atom. The van der Waals surface area contributed by atoms with Crippen molar-refractivity contribution in [2.45, 2.75) is 13.0 Å². The molecule has 0 amide bonds. The molecule has 0 fully saturated rings. The SMILES string of the molecule is COC(=O)c1cc(-c2ccccc2)sc1NC(=S)NC(C)c1cccc(OC)c1. The Balaban J connectivity index is 1.78. The molecule has 29 heavy (non-hydrogen) atoms. The summed E-state index contributed by atoms with van der Waals surface area (Å²) in [5, 5.41) is 7.47. The number of thiophene rings is 1. The average molecular weight is 427 g/mol. The van der Waals surface area contributed by atoms with Crippen LogP contribution in [0.25, 0.3) is 10.4 Å². The van der Waals surface area contributed by atoms with Crippen molar-refractivity contribution in [1.29, 1.82) is 0 Å². The summed E-state index contributed by atoms with van der Waals surface area (Å²) in [4.78, 5) is 13.2. The van der Waals surface area contributed by atoms with Gasteiger partial charge in [0.05, 0.1) is 25.8 Å². The van der Waals surface area contributed by atoms with Crippen LogP contribution in [-0.4, -0.2) is 25.3 Å². The molecule has 0 saturated carbocycles. The van der Waals surface area contributed by atoms with Gasteiger partial charge in [-0.1, -0.05) is 42.5 Å². The number of ether oxygens (including phenoxy) is 2. The second-order valence-corrected chi connectivity index (χ2v) is 7.77. The lowest BCUT2D eigenvalue weighted by Gasteiger charge is -2.17. The van der Waals surface area contributed by atoms with Gasteiger partial charge >= 0.3 is 5.97 Å². The molecule has 1 aromatic heterocycles. The minimum absolute atomic E-state index is 0.0415. The normalized spacial score (nSPS) is 11.4. The molecule has 0 aliphatic carbocycles. The molecule has 0 aliphatic heterocycles. The molecule has 2 N–H and O–H groups in total. The van der Waals surface area contributed by atoms with Crippen molar-refractivity contribution in [3.63, 3.8) is 0 Å². The molecule has 0 saturated heterocycles. The van der Waals surface area contributed by atoms with E-state index in [4.69, 9.17) is 21.7 Å². The van der Waals surface area contributed by atoms with E-state index in [0.717, 1.165) is 21.8 Å². The Hall–Kier alpha value is -2.90. The molecule has 0 aliphatic rings. The van der Waals surface area contributed by atoms with E-state index < -0.39 is 5.97 Å². The highest BCUT2D eigenvalue weighted by molar-refractivity contribution is 7.80. The van der Waals surface area contributed by atoms with Crippen LogP contribution in [0.4, 0.5) is 5.00 Å². The van der Waals surface area contributed by atoms with Crippen molar-refractivity contribution in [2.24, 2.45) is 0 Å². The van der Waals surface area contributed by atoms with Gasteiger partial charge in [-0.3, -0.25) is 0 Å². The largest absolute Gasteiger partial charge is 0.497 e. The van der Waals surface area contributed by atoms with Gasteiger partial charge in [0.1, 0.15) is 10.8 Å². The third-order valence-corrected chi connectivity index (χ3v) is 5.68. The Morgan fingerprint density at radius 2 is 1.83 bits per heavy atom. The maximum absolute atomic E-state index is 12.2. The topological polar surface area (TPSA) is 59.6 Å². The zero-order valence-electron chi connectivity index (χ0n) is 16.4. The number of anilines is 1. The van der Waals surface area contributed by atoms with Crippen molar-refractivity contribution in [1.82, 2.24) is 5.32 Å². The highest BCUT2D eigenvalue weighted by Gasteiger charge is 2.19. The number of esters is 1. The monoisotopic (exact) mass is 426 g/mol. The average Bonchev–Trinajstić information content (AvgIpc) is 3.17. The summed E-state index contributed by atoms with van der Waals surface area (Å²) in [6.07, 6.45) is 0. The maximum atomic E-state index is 12.2. The quantitative estimate of drug-likeness (QED) is 0.414. The molecule has 3 rings (SSSR count). The van der Waals surface area contributed by atoms with Gasteiger partial charge in [-0.25, -0.2) is 4.79 Å². The third kappa shape index (κ3) is 5.13. The fourth-order valence-electron chi connectivity index (χ4n) is 2.82. The molecule has 7 heteroatoms. The lowest BCUT2D eigenvalue weighted by molar-refractivity contribution is 0.0602. The van der Waals surface area contributed by atoms with Crippen LogP contribution in [0.15, 0.2) is 60.7 Å². The van der Waals surface area contributed by atoms with Crippen molar-refractivity contribution in [3.05, 3.63) is 71.8 Å². The van der Waals surface area contributed by atoms with E-state index in [0.29, 0.717) is 15.7 Å². The molecular weight excluding hydrogens is 404 g/mol. The minimum atomic E-state index is -0.408. The smallest absolute Gasteiger partial charge is 0.340 e. The van der Waals surface area contributed by atoms with Crippen LogP contribution in [0.2, 0.25) is 0 Å². The molecule has 1 unspecified atom stereocenters. The van der Waals surface area contributed by atoms with Crippen LogP contribution in [-0.2, 0) is 4.74 Å². The van der Waals surface area contributed by atoms with Gasteiger partial charge < -0.3 is 20.1 Å². The molecule has 1 atom stereocenters. The zero-order valence-corrected chi connectivity index (χ0v) is 18.0. The van der Waals surface area contributed by atoms with Gasteiger partial charge in [-0.15, -0.1) is 11.3 Å². The third-order valence-electron chi connectivity index (χ3n) is 4.36. The van der Waals surface area contributed by atoms with Gasteiger partial charge in [0.25, 0.3) is 0 Å². The number of hydrogen-bond acceptors (Lipinski definition) is 5. The number of carbonyl (C=O) groups excluding carboxylic acids is 1. The summed E-state index contributed by atoms with van der Waals surface area (Å²) < 4.78 is 10.2. The van der Waals surface area contributed by atoms with Crippen LogP contribution < -0.4 is 15.4 Å². The van der Waals surface area contributed by atoms with E-state index >= 15 is 0 Å². The Bertz CT molecular complexity index is 1000. The molecule has 3 aromatic rings. The Morgan fingerprint density at radius 3 is 2.52 bits per heavy atom. The van der Waals surface area contributed by atoms with Crippen molar-refractivity contribution < 1.29 is 14.3 Å². The molecule has 0 bridgehead atoms. The summed E-state index contributed by atoms with van der Waals surface area (Å²) in [7, 11) is 3.01. The van der Waals surface area contributed by atoms with E-state index in [1.54, 1.807) is 7.11 Å². The fraction of sp³-hybridized carbons (Fsp3) is 0.182. The first kappa shape index (κ1) is 20.8. The van der Waals surface area contributed by atoms with Gasteiger partial charge in [0.15, 0.2) is 5.11 Å². The maximum Gasteiger partial charge on any atom is 0.340 e. The summed E-state index contributed by atoms with van der Waals surface area (Å²) in [6.45, 7) is 2.01. The first-order valence-electron chi connectivity index (χ1n) is 9.01. The number of carbonyl (C=O) groups is 1. The number of hydrogen-bond donors (Lipinski definition) is 2. The van der Waals surface area contributed by atoms with Gasteiger partial charge in [-0.05, 0) is 48.5 Å². The molecule has 150 valence electrons. The predicted octanol–water partition coefficient (Wildman–Crippen LogP) is 5.26. The Labute approximate surface area is 179 Å². The molecule has 0 spiro atoms. The first-order chi connectivity index (χ1) is 14.0. The molecule has 5 nitrogen and oxygen atoms in total. The fourth-order valence-corrected chi connectivity index (χ4v) is 4.22. The van der Waals surface area contributed by atoms with E-state index in [1.165, 1.54) is 18.4 Å². The standard InChI is InChI=1S/C22H22N2O3S2/c1-14(16-10-7-11-17(12-16)26-2)23-22(28)24-20-18(21(25)27-3)13-19(29-20)15-8-5-4-6-9-15/h4-14H,1-3H3,(H2,23,24,28). The van der Waals surface area contributed by atoms with E-state index in [-0.39, 0.29) is 6.04 Å². The van der Waals surface area contributed by atoms with Crippen molar-refractivity contribution in [3.8, 4) is 16.2 Å². The van der Waals surface area contributed by atoms with Gasteiger partial charge in [0.2, 0.25) is 0 Å². The van der Waals surface area contributed by atoms with Crippen LogP contribution in [0.5, 0.6) is 5.75 Å². The summed E-state index contributed by atoms with van der Waals surface area (Å²) in [6, 6.07) is 19.4. The van der Waals surface area contributed by atoms with Crippen LogP contribution in [0.3, 0.4) is 0 Å². The summed E-state index contributed by atoms with van der Waals surface area (Å²) in [5.74, 6) is 0.378. The highest BCUT2D eigenvalue weighted by atomic mass is 32.1. The van der Waals surface area contributed by atoms with Gasteiger partial charge in [-0.2, -0.15) is 0 Å². The molecule has 1 heterocycles. The molecule has 0 radical (unpaired) electrons.